The first-order chi connectivity index (χ1) is 6.57. The second kappa shape index (κ2) is 4.80. The minimum atomic E-state index is 0.776. The van der Waals surface area contributed by atoms with E-state index in [2.05, 4.69) is 45.0 Å². The molecule has 76 valence electrons. The molecule has 1 aromatic heterocycles. The maximum atomic E-state index is 4.37. The highest BCUT2D eigenvalue weighted by atomic mass is 32.1. The Morgan fingerprint density at radius 1 is 1.57 bits per heavy atom. The Labute approximate surface area is 94.3 Å². The lowest BCUT2D eigenvalue weighted by molar-refractivity contribution is 1.32. The van der Waals surface area contributed by atoms with Crippen LogP contribution in [0.5, 0.6) is 0 Å². The number of thiophene rings is 1. The predicted molar refractivity (Wildman–Crippen MR) is 69.7 cm³/mol. The number of nitrogens with zero attached hydrogens (tertiary/aromatic N) is 1. The van der Waals surface area contributed by atoms with Gasteiger partial charge in [0, 0.05) is 11.1 Å². The zero-order valence-electron chi connectivity index (χ0n) is 8.79. The molecule has 0 unspecified atom stereocenters. The van der Waals surface area contributed by atoms with Gasteiger partial charge in [0.1, 0.15) is 5.03 Å². The van der Waals surface area contributed by atoms with Crippen LogP contribution < -0.4 is 9.75 Å². The second-order valence-electron chi connectivity index (χ2n) is 3.13. The molecule has 1 rings (SSSR count). The van der Waals surface area contributed by atoms with E-state index in [-0.39, 0.29) is 0 Å². The van der Waals surface area contributed by atoms with E-state index in [1.165, 1.54) is 10.4 Å². The summed E-state index contributed by atoms with van der Waals surface area (Å²) in [6.45, 7) is 10.3. The highest BCUT2D eigenvalue weighted by Gasteiger charge is 2.00. The molecule has 0 amide bonds. The number of hydrogen-bond acceptors (Lipinski definition) is 3. The molecular weight excluding hydrogens is 210 g/mol. The van der Waals surface area contributed by atoms with Crippen LogP contribution in [0, 0.1) is 13.8 Å². The van der Waals surface area contributed by atoms with Crippen LogP contribution in [0.2, 0.25) is 0 Å². The van der Waals surface area contributed by atoms with Crippen LogP contribution in [0.1, 0.15) is 23.8 Å². The van der Waals surface area contributed by atoms with E-state index in [9.17, 15) is 0 Å². The quantitative estimate of drug-likeness (QED) is 0.585. The second-order valence-corrected chi connectivity index (χ2v) is 4.78. The molecule has 1 nitrogen and oxygen atoms in total. The number of hydrogen-bond donors (Lipinski definition) is 1. The van der Waals surface area contributed by atoms with Crippen LogP contribution >= 0.6 is 24.0 Å². The first-order valence-corrected chi connectivity index (χ1v) is 5.85. The van der Waals surface area contributed by atoms with Crippen LogP contribution in [-0.2, 0) is 0 Å². The fourth-order valence-corrected chi connectivity index (χ4v) is 2.45. The molecule has 0 radical (unpaired) electrons. The smallest absolute Gasteiger partial charge is 0.110 e. The van der Waals surface area contributed by atoms with Crippen LogP contribution in [0.15, 0.2) is 4.99 Å². The Morgan fingerprint density at radius 2 is 2.21 bits per heavy atom. The number of rotatable bonds is 2. The molecule has 0 aliphatic carbocycles. The van der Waals surface area contributed by atoms with Crippen molar-refractivity contribution in [1.82, 2.24) is 0 Å². The highest BCUT2D eigenvalue weighted by Crippen LogP contribution is 2.07. The lowest BCUT2D eigenvalue weighted by Gasteiger charge is -1.87. The molecule has 3 heteroatoms. The summed E-state index contributed by atoms with van der Waals surface area (Å²) in [7, 11) is 0. The Bertz CT molecular complexity index is 454. The Kier molecular flexibility index (Phi) is 3.96. The van der Waals surface area contributed by atoms with Gasteiger partial charge >= 0.3 is 0 Å². The van der Waals surface area contributed by atoms with E-state index >= 15 is 0 Å². The van der Waals surface area contributed by atoms with Gasteiger partial charge in [-0.05, 0) is 31.1 Å². The third-order valence-electron chi connectivity index (χ3n) is 2.11. The lowest BCUT2D eigenvalue weighted by atomic mass is 10.2. The first kappa shape index (κ1) is 11.5. The van der Waals surface area contributed by atoms with Crippen LogP contribution in [0.4, 0.5) is 0 Å². The maximum Gasteiger partial charge on any atom is 0.110 e. The zero-order valence-corrected chi connectivity index (χ0v) is 10.5. The molecular formula is C11H15NS2. The van der Waals surface area contributed by atoms with Crippen LogP contribution in [0.3, 0.4) is 0 Å². The van der Waals surface area contributed by atoms with Crippen LogP contribution in [-0.4, -0.2) is 6.21 Å². The molecule has 0 atom stereocenters. The molecule has 0 aliphatic rings. The van der Waals surface area contributed by atoms with Crippen molar-refractivity contribution >= 4 is 41.8 Å². The van der Waals surface area contributed by atoms with Crippen molar-refractivity contribution in [3.8, 4) is 0 Å². The summed E-state index contributed by atoms with van der Waals surface area (Å²) < 4.78 is 1.09. The van der Waals surface area contributed by atoms with Gasteiger partial charge in [0.15, 0.2) is 0 Å². The molecule has 0 bridgehead atoms. The number of aliphatic imine (C=N–C) groups is 1. The van der Waals surface area contributed by atoms with Gasteiger partial charge in [-0.3, -0.25) is 4.99 Å². The summed E-state index contributed by atoms with van der Waals surface area (Å²) in [5, 5.41) is 1.84. The third kappa shape index (κ3) is 2.28. The molecule has 0 saturated carbocycles. The van der Waals surface area contributed by atoms with Gasteiger partial charge < -0.3 is 0 Å². The standard InChI is InChI=1S/C11H15NS2/c1-5-6-12-11(13)10-8(3)7(2)9(4)14-10/h6,13H,3,5H2,1-2,4H3/b11-10-,12-6?. The highest BCUT2D eigenvalue weighted by molar-refractivity contribution is 7.90. The third-order valence-corrected chi connectivity index (χ3v) is 3.86. The van der Waals surface area contributed by atoms with E-state index in [4.69, 9.17) is 0 Å². The van der Waals surface area contributed by atoms with Gasteiger partial charge in [-0.15, -0.1) is 24.0 Å². The van der Waals surface area contributed by atoms with Crippen molar-refractivity contribution in [1.29, 1.82) is 0 Å². The van der Waals surface area contributed by atoms with E-state index in [0.717, 1.165) is 21.2 Å². The molecule has 0 fully saturated rings. The van der Waals surface area contributed by atoms with Gasteiger partial charge in [0.05, 0.1) is 4.53 Å². The fraction of sp³-hybridized carbons (Fsp3) is 0.364. The van der Waals surface area contributed by atoms with Crippen molar-refractivity contribution in [2.24, 2.45) is 4.99 Å². The van der Waals surface area contributed by atoms with Crippen molar-refractivity contribution in [2.75, 3.05) is 0 Å². The molecule has 0 spiro atoms. The van der Waals surface area contributed by atoms with Crippen molar-refractivity contribution in [3.63, 3.8) is 0 Å². The van der Waals surface area contributed by atoms with E-state index in [1.807, 2.05) is 6.21 Å². The SMILES string of the molecule is C=c1c(C)c(C)s/c1=C(\S)N=CCC. The lowest BCUT2D eigenvalue weighted by Crippen LogP contribution is -2.19. The minimum absolute atomic E-state index is 0.776. The average Bonchev–Trinajstić information content (AvgIpc) is 2.42. The Morgan fingerprint density at radius 3 is 2.64 bits per heavy atom. The van der Waals surface area contributed by atoms with Crippen molar-refractivity contribution < 1.29 is 0 Å². The van der Waals surface area contributed by atoms with E-state index in [0.29, 0.717) is 0 Å². The molecule has 0 saturated heterocycles. The first-order valence-electron chi connectivity index (χ1n) is 4.58. The Hall–Kier alpha value is -0.540. The summed E-state index contributed by atoms with van der Waals surface area (Å²) in [4.78, 5) is 5.55. The molecule has 0 aliphatic heterocycles. The monoisotopic (exact) mass is 225 g/mol. The average molecular weight is 225 g/mol. The molecule has 0 aromatic carbocycles. The zero-order chi connectivity index (χ0) is 10.7. The van der Waals surface area contributed by atoms with Gasteiger partial charge in [-0.1, -0.05) is 13.5 Å². The van der Waals surface area contributed by atoms with Gasteiger partial charge in [0.2, 0.25) is 0 Å². The van der Waals surface area contributed by atoms with Gasteiger partial charge in [-0.2, -0.15) is 0 Å². The minimum Gasteiger partial charge on any atom is -0.253 e. The Balaban J connectivity index is 3.38. The van der Waals surface area contributed by atoms with Crippen molar-refractivity contribution in [2.45, 2.75) is 27.2 Å². The summed E-state index contributed by atoms with van der Waals surface area (Å²) in [5.74, 6) is 0. The summed E-state index contributed by atoms with van der Waals surface area (Å²) in [5.41, 5.74) is 1.25. The number of aryl methyl sites for hydroxylation is 1. The summed E-state index contributed by atoms with van der Waals surface area (Å²) >= 11 is 6.08. The fourth-order valence-electron chi connectivity index (χ4n) is 1.09. The topological polar surface area (TPSA) is 12.4 Å². The maximum absolute atomic E-state index is 4.37. The van der Waals surface area contributed by atoms with Gasteiger partial charge in [0.25, 0.3) is 0 Å². The number of thiol groups is 1. The largest absolute Gasteiger partial charge is 0.253 e. The van der Waals surface area contributed by atoms with E-state index in [1.54, 1.807) is 11.3 Å². The summed E-state index contributed by atoms with van der Waals surface area (Å²) in [6, 6.07) is 0. The predicted octanol–water partition coefficient (Wildman–Crippen LogP) is 2.25. The molecule has 14 heavy (non-hydrogen) atoms. The molecule has 1 aromatic rings. The van der Waals surface area contributed by atoms with E-state index < -0.39 is 0 Å². The summed E-state index contributed by atoms with van der Waals surface area (Å²) in [6.07, 6.45) is 2.80. The van der Waals surface area contributed by atoms with Crippen molar-refractivity contribution in [3.05, 3.63) is 20.2 Å². The molecule has 0 N–H and O–H groups in total. The van der Waals surface area contributed by atoms with Gasteiger partial charge in [-0.25, -0.2) is 0 Å². The normalized spacial score (nSPS) is 13.7. The van der Waals surface area contributed by atoms with Crippen LogP contribution in [0.25, 0.3) is 11.6 Å². The molecule has 1 heterocycles.